The van der Waals surface area contributed by atoms with Crippen LogP contribution in [-0.4, -0.2) is 9.97 Å². The number of hydrogen-bond acceptors (Lipinski definition) is 4. The maximum Gasteiger partial charge on any atom is 0.189 e. The zero-order valence-corrected chi connectivity index (χ0v) is 18.5. The Labute approximate surface area is 184 Å². The monoisotopic (exact) mass is 446 g/mol. The molecule has 0 unspecified atom stereocenters. The topological polar surface area (TPSA) is 25.8 Å². The number of aryl methyl sites for hydroxylation is 1. The molecule has 0 saturated heterocycles. The van der Waals surface area contributed by atoms with Crippen molar-refractivity contribution in [3.63, 3.8) is 0 Å². The highest BCUT2D eigenvalue weighted by atomic mass is 35.5. The van der Waals surface area contributed by atoms with Gasteiger partial charge in [-0.1, -0.05) is 65.3 Å². The molecule has 0 bridgehead atoms. The molecule has 0 spiro atoms. The van der Waals surface area contributed by atoms with E-state index in [9.17, 15) is 0 Å². The number of thioether (sulfide) groups is 2. The molecule has 2 aromatic carbocycles. The molecular formula is C22H20Cl2N2S2. The van der Waals surface area contributed by atoms with E-state index in [1.165, 1.54) is 29.7 Å². The van der Waals surface area contributed by atoms with Gasteiger partial charge in [0.25, 0.3) is 0 Å². The highest BCUT2D eigenvalue weighted by Crippen LogP contribution is 2.34. The van der Waals surface area contributed by atoms with Crippen molar-refractivity contribution in [2.75, 3.05) is 0 Å². The highest BCUT2D eigenvalue weighted by Gasteiger charge is 2.18. The predicted octanol–water partition coefficient (Wildman–Crippen LogP) is 7.25. The molecule has 1 aliphatic rings. The molecule has 2 nitrogen and oxygen atoms in total. The van der Waals surface area contributed by atoms with E-state index in [2.05, 4.69) is 18.2 Å². The number of aromatic nitrogens is 2. The van der Waals surface area contributed by atoms with Gasteiger partial charge < -0.3 is 0 Å². The van der Waals surface area contributed by atoms with E-state index < -0.39 is 0 Å². The normalized spacial score (nSPS) is 13.4. The van der Waals surface area contributed by atoms with Crippen LogP contribution in [-0.2, 0) is 24.3 Å². The van der Waals surface area contributed by atoms with E-state index in [-0.39, 0.29) is 0 Å². The summed E-state index contributed by atoms with van der Waals surface area (Å²) in [6.45, 7) is 0. The standard InChI is InChI=1S/C22H20Cl2N2S2/c23-17-11-9-15(10-12-17)13-27-21-18-6-2-4-8-20(18)25-22(26-21)28-14-16-5-1-3-7-19(16)24/h1,3,5,7,9-12H,2,4,6,8,13-14H2. The Kier molecular flexibility index (Phi) is 6.84. The Morgan fingerprint density at radius 2 is 1.61 bits per heavy atom. The van der Waals surface area contributed by atoms with Gasteiger partial charge in [0, 0.05) is 32.8 Å². The van der Waals surface area contributed by atoms with E-state index in [4.69, 9.17) is 33.2 Å². The number of rotatable bonds is 6. The van der Waals surface area contributed by atoms with Crippen LogP contribution < -0.4 is 0 Å². The van der Waals surface area contributed by atoms with Crippen molar-refractivity contribution in [2.24, 2.45) is 0 Å². The minimum Gasteiger partial charge on any atom is -0.227 e. The smallest absolute Gasteiger partial charge is 0.189 e. The van der Waals surface area contributed by atoms with Gasteiger partial charge >= 0.3 is 0 Å². The van der Waals surface area contributed by atoms with Gasteiger partial charge in [-0.05, 0) is 55.0 Å². The predicted molar refractivity (Wildman–Crippen MR) is 121 cm³/mol. The second kappa shape index (κ2) is 9.53. The van der Waals surface area contributed by atoms with Crippen molar-refractivity contribution in [3.8, 4) is 0 Å². The Hall–Kier alpha value is -1.20. The fourth-order valence-corrected chi connectivity index (χ4v) is 5.59. The Balaban J connectivity index is 1.53. The lowest BCUT2D eigenvalue weighted by Gasteiger charge is -2.18. The summed E-state index contributed by atoms with van der Waals surface area (Å²) in [4.78, 5) is 9.77. The zero-order valence-electron chi connectivity index (χ0n) is 15.3. The molecule has 1 aromatic heterocycles. The molecule has 0 aliphatic heterocycles. The largest absolute Gasteiger partial charge is 0.227 e. The summed E-state index contributed by atoms with van der Waals surface area (Å²) < 4.78 is 0. The molecule has 0 N–H and O–H groups in total. The molecule has 1 heterocycles. The van der Waals surface area contributed by atoms with Gasteiger partial charge in [-0.3, -0.25) is 0 Å². The van der Waals surface area contributed by atoms with Gasteiger partial charge in [0.05, 0.1) is 0 Å². The summed E-state index contributed by atoms with van der Waals surface area (Å²) in [7, 11) is 0. The average Bonchev–Trinajstić information content (AvgIpc) is 2.72. The Morgan fingerprint density at radius 1 is 0.821 bits per heavy atom. The van der Waals surface area contributed by atoms with E-state index in [0.29, 0.717) is 0 Å². The van der Waals surface area contributed by atoms with Gasteiger partial charge in [0.1, 0.15) is 5.03 Å². The molecule has 144 valence electrons. The van der Waals surface area contributed by atoms with Gasteiger partial charge in [-0.25, -0.2) is 9.97 Å². The van der Waals surface area contributed by atoms with Crippen molar-refractivity contribution in [3.05, 3.63) is 81.0 Å². The van der Waals surface area contributed by atoms with Gasteiger partial charge in [0.15, 0.2) is 5.16 Å². The Morgan fingerprint density at radius 3 is 2.43 bits per heavy atom. The van der Waals surface area contributed by atoms with Crippen LogP contribution in [0.5, 0.6) is 0 Å². The second-order valence-electron chi connectivity index (χ2n) is 6.74. The Bertz CT molecular complexity index is 961. The molecular weight excluding hydrogens is 427 g/mol. The van der Waals surface area contributed by atoms with Crippen LogP contribution in [0, 0.1) is 0 Å². The first-order chi connectivity index (χ1) is 13.7. The minimum atomic E-state index is 0.770. The third-order valence-corrected chi connectivity index (χ3v) is 7.33. The summed E-state index contributed by atoms with van der Waals surface area (Å²) in [5.41, 5.74) is 4.93. The van der Waals surface area contributed by atoms with Crippen molar-refractivity contribution in [1.82, 2.24) is 9.97 Å². The fraction of sp³-hybridized carbons (Fsp3) is 0.273. The molecule has 4 rings (SSSR count). The van der Waals surface area contributed by atoms with Crippen LogP contribution in [0.2, 0.25) is 10.0 Å². The molecule has 28 heavy (non-hydrogen) atoms. The summed E-state index contributed by atoms with van der Waals surface area (Å²) in [5, 5.41) is 3.54. The molecule has 1 aliphatic carbocycles. The summed E-state index contributed by atoms with van der Waals surface area (Å²) in [5.74, 6) is 1.66. The molecule has 6 heteroatoms. The van der Waals surface area contributed by atoms with Crippen LogP contribution in [0.25, 0.3) is 0 Å². The lowest BCUT2D eigenvalue weighted by atomic mass is 9.98. The lowest BCUT2D eigenvalue weighted by molar-refractivity contribution is 0.628. The molecule has 3 aromatic rings. The van der Waals surface area contributed by atoms with Crippen molar-refractivity contribution in [1.29, 1.82) is 0 Å². The maximum absolute atomic E-state index is 6.30. The number of halogens is 2. The molecule has 0 amide bonds. The summed E-state index contributed by atoms with van der Waals surface area (Å²) >= 11 is 15.8. The third-order valence-electron chi connectivity index (χ3n) is 4.73. The van der Waals surface area contributed by atoms with Crippen molar-refractivity contribution < 1.29 is 0 Å². The average molecular weight is 447 g/mol. The van der Waals surface area contributed by atoms with Gasteiger partial charge in [0.2, 0.25) is 0 Å². The number of hydrogen-bond donors (Lipinski definition) is 0. The summed E-state index contributed by atoms with van der Waals surface area (Å²) in [6, 6.07) is 16.0. The lowest BCUT2D eigenvalue weighted by Crippen LogP contribution is -2.10. The SMILES string of the molecule is Clc1ccc(CSc2nc(SCc3ccccc3Cl)nc3c2CCCC3)cc1. The number of nitrogens with zero attached hydrogens (tertiary/aromatic N) is 2. The number of benzene rings is 2. The third kappa shape index (κ3) is 5.04. The fourth-order valence-electron chi connectivity index (χ4n) is 3.21. The van der Waals surface area contributed by atoms with E-state index in [0.717, 1.165) is 50.1 Å². The van der Waals surface area contributed by atoms with Gasteiger partial charge in [-0.2, -0.15) is 0 Å². The van der Waals surface area contributed by atoms with Crippen LogP contribution >= 0.6 is 46.7 Å². The van der Waals surface area contributed by atoms with Gasteiger partial charge in [-0.15, -0.1) is 11.8 Å². The second-order valence-corrected chi connectivity index (χ2v) is 9.49. The molecule has 0 saturated carbocycles. The highest BCUT2D eigenvalue weighted by molar-refractivity contribution is 7.99. The van der Waals surface area contributed by atoms with Crippen LogP contribution in [0.3, 0.4) is 0 Å². The van der Waals surface area contributed by atoms with E-state index in [1.54, 1.807) is 23.5 Å². The van der Waals surface area contributed by atoms with Crippen LogP contribution in [0.1, 0.15) is 35.2 Å². The maximum atomic E-state index is 6.30. The number of fused-ring (bicyclic) bond motifs is 1. The first-order valence-electron chi connectivity index (χ1n) is 9.32. The molecule has 0 fully saturated rings. The minimum absolute atomic E-state index is 0.770. The van der Waals surface area contributed by atoms with Crippen LogP contribution in [0.4, 0.5) is 0 Å². The quantitative estimate of drug-likeness (QED) is 0.226. The first kappa shape index (κ1) is 20.1. The molecule has 0 radical (unpaired) electrons. The first-order valence-corrected chi connectivity index (χ1v) is 12.0. The van der Waals surface area contributed by atoms with Crippen molar-refractivity contribution >= 4 is 46.7 Å². The van der Waals surface area contributed by atoms with Crippen LogP contribution in [0.15, 0.2) is 58.7 Å². The van der Waals surface area contributed by atoms with Crippen molar-refractivity contribution in [2.45, 2.75) is 47.4 Å². The molecule has 0 atom stereocenters. The summed E-state index contributed by atoms with van der Waals surface area (Å²) in [6.07, 6.45) is 4.55. The zero-order chi connectivity index (χ0) is 19.3. The van der Waals surface area contributed by atoms with E-state index in [1.807, 2.05) is 30.3 Å². The van der Waals surface area contributed by atoms with E-state index >= 15 is 0 Å².